The Morgan fingerprint density at radius 3 is 2.85 bits per heavy atom. The quantitative estimate of drug-likeness (QED) is 0.329. The maximum Gasteiger partial charge on any atom is 0.251 e. The summed E-state index contributed by atoms with van der Waals surface area (Å²) in [7, 11) is 0. The number of nitrogens with two attached hydrogens (primary N) is 1. The molecule has 4 N–H and O–H groups in total. The Bertz CT molecular complexity index is 657. The Morgan fingerprint density at radius 1 is 1.35 bits per heavy atom. The highest BCUT2D eigenvalue weighted by molar-refractivity contribution is 7.99. The lowest BCUT2D eigenvalue weighted by molar-refractivity contribution is 0.814. The van der Waals surface area contributed by atoms with Gasteiger partial charge in [0.15, 0.2) is 5.16 Å². The van der Waals surface area contributed by atoms with Crippen LogP contribution in [0.2, 0.25) is 0 Å². The minimum Gasteiger partial charge on any atom is -0.308 e. The molecule has 0 aliphatic carbocycles. The first-order valence-electron chi connectivity index (χ1n) is 6.21. The van der Waals surface area contributed by atoms with E-state index in [0.717, 1.165) is 18.5 Å². The lowest BCUT2D eigenvalue weighted by Crippen LogP contribution is -2.11. The molecule has 8 heteroatoms. The standard InChI is InChI=1S/C12H16N6OS/c1-3-4-8-5-10(19)17-12(16-8)20-11-6-9(18-13)14-7(2)15-11/h5-6H,3-4,13H2,1-2H3,(H,14,15,18)(H,16,17,19). The van der Waals surface area contributed by atoms with Crippen molar-refractivity contribution in [3.8, 4) is 0 Å². The molecule has 0 unspecified atom stereocenters. The molecule has 2 heterocycles. The molecule has 0 amide bonds. The Morgan fingerprint density at radius 2 is 2.15 bits per heavy atom. The summed E-state index contributed by atoms with van der Waals surface area (Å²) in [6.07, 6.45) is 1.71. The van der Waals surface area contributed by atoms with Gasteiger partial charge in [0.05, 0.1) is 0 Å². The number of nitrogen functional groups attached to an aromatic ring is 1. The number of aromatic nitrogens is 4. The summed E-state index contributed by atoms with van der Waals surface area (Å²) in [6.45, 7) is 3.82. The number of hydrogen-bond acceptors (Lipinski definition) is 7. The van der Waals surface area contributed by atoms with E-state index < -0.39 is 0 Å². The van der Waals surface area contributed by atoms with Gasteiger partial charge in [0.1, 0.15) is 16.7 Å². The summed E-state index contributed by atoms with van der Waals surface area (Å²) < 4.78 is 0. The predicted molar refractivity (Wildman–Crippen MR) is 77.6 cm³/mol. The van der Waals surface area contributed by atoms with Gasteiger partial charge in [-0.05, 0) is 25.1 Å². The molecule has 0 atom stereocenters. The van der Waals surface area contributed by atoms with Crippen LogP contribution in [0.4, 0.5) is 5.82 Å². The SMILES string of the molecule is CCCc1cc(=O)[nH]c(Sc2cc(NN)nc(C)n2)n1. The summed E-state index contributed by atoms with van der Waals surface area (Å²) in [5.74, 6) is 6.46. The van der Waals surface area contributed by atoms with Crippen molar-refractivity contribution >= 4 is 17.6 Å². The van der Waals surface area contributed by atoms with E-state index in [-0.39, 0.29) is 5.56 Å². The second-order valence-corrected chi connectivity index (χ2v) is 5.19. The summed E-state index contributed by atoms with van der Waals surface area (Å²) in [5.41, 5.74) is 3.10. The normalized spacial score (nSPS) is 10.6. The summed E-state index contributed by atoms with van der Waals surface area (Å²) in [4.78, 5) is 27.1. The van der Waals surface area contributed by atoms with E-state index in [1.54, 1.807) is 13.0 Å². The van der Waals surface area contributed by atoms with Crippen LogP contribution in [0.25, 0.3) is 0 Å². The molecule has 0 saturated heterocycles. The summed E-state index contributed by atoms with van der Waals surface area (Å²) in [5, 5.41) is 1.18. The molecule has 0 bridgehead atoms. The van der Waals surface area contributed by atoms with Crippen LogP contribution in [-0.4, -0.2) is 19.9 Å². The molecule has 2 rings (SSSR count). The average Bonchev–Trinajstić information content (AvgIpc) is 2.37. The van der Waals surface area contributed by atoms with Crippen molar-refractivity contribution in [1.29, 1.82) is 0 Å². The topological polar surface area (TPSA) is 110 Å². The molecular formula is C12H16N6OS. The fourth-order valence-electron chi connectivity index (χ4n) is 1.68. The monoisotopic (exact) mass is 292 g/mol. The van der Waals surface area contributed by atoms with Crippen LogP contribution in [0, 0.1) is 6.92 Å². The van der Waals surface area contributed by atoms with Gasteiger partial charge in [-0.2, -0.15) is 0 Å². The second kappa shape index (κ2) is 6.49. The van der Waals surface area contributed by atoms with Crippen molar-refractivity contribution in [3.63, 3.8) is 0 Å². The van der Waals surface area contributed by atoms with Crippen LogP contribution in [0.15, 0.2) is 27.1 Å². The van der Waals surface area contributed by atoms with E-state index in [2.05, 4.69) is 25.4 Å². The zero-order valence-corrected chi connectivity index (χ0v) is 12.1. The van der Waals surface area contributed by atoms with Crippen LogP contribution >= 0.6 is 11.8 Å². The smallest absolute Gasteiger partial charge is 0.251 e. The highest BCUT2D eigenvalue weighted by Gasteiger charge is 2.07. The minimum absolute atomic E-state index is 0.158. The molecule has 0 aliphatic rings. The van der Waals surface area contributed by atoms with Gasteiger partial charge >= 0.3 is 0 Å². The number of aryl methyl sites for hydroxylation is 2. The van der Waals surface area contributed by atoms with Crippen molar-refractivity contribution in [3.05, 3.63) is 34.0 Å². The summed E-state index contributed by atoms with van der Waals surface area (Å²) in [6, 6.07) is 3.22. The fraction of sp³-hybridized carbons (Fsp3) is 0.333. The number of hydrazine groups is 1. The Kier molecular flexibility index (Phi) is 4.70. The number of anilines is 1. The average molecular weight is 292 g/mol. The highest BCUT2D eigenvalue weighted by atomic mass is 32.2. The van der Waals surface area contributed by atoms with Crippen LogP contribution < -0.4 is 16.8 Å². The molecule has 2 aromatic heterocycles. The maximum absolute atomic E-state index is 11.6. The number of nitrogens with one attached hydrogen (secondary N) is 2. The van der Waals surface area contributed by atoms with Gasteiger partial charge in [-0.1, -0.05) is 13.3 Å². The molecule has 0 spiro atoms. The molecule has 20 heavy (non-hydrogen) atoms. The lowest BCUT2D eigenvalue weighted by Gasteiger charge is -2.05. The second-order valence-electron chi connectivity index (χ2n) is 4.18. The number of aromatic amines is 1. The third kappa shape index (κ3) is 3.78. The fourth-order valence-corrected chi connectivity index (χ4v) is 2.54. The lowest BCUT2D eigenvalue weighted by atomic mass is 10.2. The highest BCUT2D eigenvalue weighted by Crippen LogP contribution is 2.23. The van der Waals surface area contributed by atoms with Gasteiger partial charge in [0.2, 0.25) is 0 Å². The number of hydrogen-bond donors (Lipinski definition) is 3. The number of rotatable bonds is 5. The van der Waals surface area contributed by atoms with Gasteiger partial charge in [0.25, 0.3) is 5.56 Å². The first kappa shape index (κ1) is 14.5. The van der Waals surface area contributed by atoms with Crippen molar-refractivity contribution in [2.75, 3.05) is 5.43 Å². The zero-order valence-electron chi connectivity index (χ0n) is 11.3. The van der Waals surface area contributed by atoms with Crippen molar-refractivity contribution in [1.82, 2.24) is 19.9 Å². The van der Waals surface area contributed by atoms with E-state index in [0.29, 0.717) is 21.8 Å². The molecule has 0 fully saturated rings. The molecular weight excluding hydrogens is 276 g/mol. The summed E-state index contributed by atoms with van der Waals surface area (Å²) >= 11 is 1.27. The number of nitrogens with zero attached hydrogens (tertiary/aromatic N) is 3. The van der Waals surface area contributed by atoms with E-state index >= 15 is 0 Å². The van der Waals surface area contributed by atoms with E-state index in [1.807, 2.05) is 6.92 Å². The molecule has 0 radical (unpaired) electrons. The van der Waals surface area contributed by atoms with E-state index in [1.165, 1.54) is 17.8 Å². The Labute approximate surface area is 120 Å². The van der Waals surface area contributed by atoms with Gasteiger partial charge in [0, 0.05) is 17.8 Å². The first-order chi connectivity index (χ1) is 9.60. The molecule has 2 aromatic rings. The first-order valence-corrected chi connectivity index (χ1v) is 7.02. The molecule has 7 nitrogen and oxygen atoms in total. The third-order valence-electron chi connectivity index (χ3n) is 2.44. The number of H-pyrrole nitrogens is 1. The van der Waals surface area contributed by atoms with Crippen molar-refractivity contribution in [2.24, 2.45) is 5.84 Å². The van der Waals surface area contributed by atoms with Gasteiger partial charge < -0.3 is 10.4 Å². The van der Waals surface area contributed by atoms with Crippen molar-refractivity contribution < 1.29 is 0 Å². The molecule has 106 valence electrons. The third-order valence-corrected chi connectivity index (χ3v) is 3.25. The van der Waals surface area contributed by atoms with E-state index in [9.17, 15) is 4.79 Å². The maximum atomic E-state index is 11.6. The van der Waals surface area contributed by atoms with Gasteiger partial charge in [-0.3, -0.25) is 4.79 Å². The Hall–Kier alpha value is -1.93. The van der Waals surface area contributed by atoms with E-state index in [4.69, 9.17) is 5.84 Å². The predicted octanol–water partition coefficient (Wildman–Crippen LogP) is 1.26. The minimum atomic E-state index is -0.158. The van der Waals surface area contributed by atoms with Crippen LogP contribution in [0.3, 0.4) is 0 Å². The zero-order chi connectivity index (χ0) is 14.5. The van der Waals surface area contributed by atoms with Crippen LogP contribution in [0.1, 0.15) is 24.9 Å². The largest absolute Gasteiger partial charge is 0.308 e. The molecule has 0 aromatic carbocycles. The van der Waals surface area contributed by atoms with Crippen LogP contribution in [0.5, 0.6) is 0 Å². The van der Waals surface area contributed by atoms with Crippen LogP contribution in [-0.2, 0) is 6.42 Å². The molecule has 0 aliphatic heterocycles. The molecule has 0 saturated carbocycles. The van der Waals surface area contributed by atoms with Gasteiger partial charge in [-0.25, -0.2) is 20.8 Å². The Balaban J connectivity index is 2.29. The van der Waals surface area contributed by atoms with Gasteiger partial charge in [-0.15, -0.1) is 0 Å². The van der Waals surface area contributed by atoms with Crippen molar-refractivity contribution in [2.45, 2.75) is 36.9 Å².